The number of hydrogen-bond donors (Lipinski definition) is 0. The molecule has 3 heterocycles. The molecular formula is C27H30Cl2N4O3. The molecule has 1 fully saturated rings. The van der Waals surface area contributed by atoms with Crippen LogP contribution in [0.3, 0.4) is 0 Å². The Morgan fingerprint density at radius 1 is 1.11 bits per heavy atom. The van der Waals surface area contributed by atoms with Crippen molar-refractivity contribution in [2.75, 3.05) is 24.5 Å². The summed E-state index contributed by atoms with van der Waals surface area (Å²) in [6, 6.07) is 12.1. The van der Waals surface area contributed by atoms with Crippen molar-refractivity contribution in [3.05, 3.63) is 63.5 Å². The Balaban J connectivity index is 1.40. The van der Waals surface area contributed by atoms with Gasteiger partial charge >= 0.3 is 6.09 Å². The maximum absolute atomic E-state index is 12.6. The molecule has 2 aliphatic heterocycles. The van der Waals surface area contributed by atoms with Crippen LogP contribution < -0.4 is 4.90 Å². The number of amides is 1. The largest absolute Gasteiger partial charge is 0.444 e. The molecule has 1 aromatic heterocycles. The van der Waals surface area contributed by atoms with Gasteiger partial charge in [0.25, 0.3) is 0 Å². The van der Waals surface area contributed by atoms with Crippen molar-refractivity contribution in [1.82, 2.24) is 14.9 Å². The van der Waals surface area contributed by atoms with Crippen molar-refractivity contribution < 1.29 is 14.3 Å². The molecule has 1 saturated heterocycles. The third-order valence-corrected chi connectivity index (χ3v) is 7.12. The van der Waals surface area contributed by atoms with Crippen LogP contribution in [0.1, 0.15) is 50.6 Å². The van der Waals surface area contributed by atoms with Gasteiger partial charge in [-0.05, 0) is 56.3 Å². The van der Waals surface area contributed by atoms with Gasteiger partial charge in [-0.2, -0.15) is 0 Å². The van der Waals surface area contributed by atoms with Crippen LogP contribution in [0.25, 0.3) is 10.8 Å². The molecule has 2 aliphatic rings. The van der Waals surface area contributed by atoms with Crippen molar-refractivity contribution in [3.63, 3.8) is 0 Å². The zero-order valence-electron chi connectivity index (χ0n) is 20.9. The summed E-state index contributed by atoms with van der Waals surface area (Å²) in [4.78, 5) is 25.7. The maximum Gasteiger partial charge on any atom is 0.410 e. The van der Waals surface area contributed by atoms with Gasteiger partial charge in [-0.3, -0.25) is 0 Å². The van der Waals surface area contributed by atoms with Gasteiger partial charge in [-0.25, -0.2) is 14.8 Å². The number of carbonyl (C=O) groups is 1. The minimum absolute atomic E-state index is 0.0240. The van der Waals surface area contributed by atoms with Crippen molar-refractivity contribution in [2.24, 2.45) is 0 Å². The minimum atomic E-state index is -0.529. The number of fused-ring (bicyclic) bond motifs is 2. The van der Waals surface area contributed by atoms with Gasteiger partial charge in [0.05, 0.1) is 18.4 Å². The normalized spacial score (nSPS) is 20.4. The SMILES string of the molecule is C[C@H]1CN(C(=O)OC(C)(C)C)CCN1c1nc(Cl)nc2c1COC(c1cccc3cccc(Cl)c13)C2. The third kappa shape index (κ3) is 4.97. The van der Waals surface area contributed by atoms with E-state index in [1.165, 1.54) is 0 Å². The number of aromatic nitrogens is 2. The summed E-state index contributed by atoms with van der Waals surface area (Å²) in [5, 5.41) is 2.99. The second kappa shape index (κ2) is 9.69. The van der Waals surface area contributed by atoms with Crippen LogP contribution in [0.5, 0.6) is 0 Å². The lowest BCUT2D eigenvalue weighted by Gasteiger charge is -2.42. The number of rotatable bonds is 2. The van der Waals surface area contributed by atoms with Gasteiger partial charge in [-0.15, -0.1) is 0 Å². The summed E-state index contributed by atoms with van der Waals surface area (Å²) >= 11 is 13.0. The number of carbonyl (C=O) groups excluding carboxylic acids is 1. The van der Waals surface area contributed by atoms with Crippen molar-refractivity contribution in [1.29, 1.82) is 0 Å². The van der Waals surface area contributed by atoms with E-state index in [0.29, 0.717) is 37.7 Å². The molecule has 0 radical (unpaired) electrons. The summed E-state index contributed by atoms with van der Waals surface area (Å²) in [5.74, 6) is 0.774. The van der Waals surface area contributed by atoms with E-state index in [4.69, 9.17) is 32.7 Å². The molecule has 3 aromatic rings. The summed E-state index contributed by atoms with van der Waals surface area (Å²) in [7, 11) is 0. The molecule has 7 nitrogen and oxygen atoms in total. The van der Waals surface area contributed by atoms with E-state index in [1.54, 1.807) is 4.90 Å². The van der Waals surface area contributed by atoms with Crippen molar-refractivity contribution >= 4 is 45.9 Å². The number of piperazine rings is 1. The van der Waals surface area contributed by atoms with Crippen LogP contribution in [-0.2, 0) is 22.5 Å². The van der Waals surface area contributed by atoms with Crippen molar-refractivity contribution in [2.45, 2.75) is 58.5 Å². The monoisotopic (exact) mass is 528 g/mol. The first kappa shape index (κ1) is 25.1. The van der Waals surface area contributed by atoms with E-state index < -0.39 is 5.60 Å². The van der Waals surface area contributed by atoms with Gasteiger partial charge in [0, 0.05) is 48.1 Å². The van der Waals surface area contributed by atoms with Crippen molar-refractivity contribution in [3.8, 4) is 0 Å². The predicted molar refractivity (Wildman–Crippen MR) is 142 cm³/mol. The zero-order chi connectivity index (χ0) is 25.6. The predicted octanol–water partition coefficient (Wildman–Crippen LogP) is 6.20. The van der Waals surface area contributed by atoms with Gasteiger partial charge in [0.2, 0.25) is 5.28 Å². The van der Waals surface area contributed by atoms with E-state index in [1.807, 2.05) is 39.0 Å². The molecule has 0 spiro atoms. The molecular weight excluding hydrogens is 499 g/mol. The Morgan fingerprint density at radius 3 is 2.58 bits per heavy atom. The fourth-order valence-corrected chi connectivity index (χ4v) is 5.49. The lowest BCUT2D eigenvalue weighted by atomic mass is 9.94. The fourth-order valence-electron chi connectivity index (χ4n) is 5.02. The number of anilines is 1. The first-order chi connectivity index (χ1) is 17.1. The zero-order valence-corrected chi connectivity index (χ0v) is 22.4. The number of benzene rings is 2. The molecule has 0 bridgehead atoms. The average Bonchev–Trinajstić information content (AvgIpc) is 2.82. The first-order valence-corrected chi connectivity index (χ1v) is 12.9. The third-order valence-electron chi connectivity index (χ3n) is 6.64. The average molecular weight is 529 g/mol. The molecule has 2 aromatic carbocycles. The summed E-state index contributed by atoms with van der Waals surface area (Å²) in [6.45, 7) is 9.74. The topological polar surface area (TPSA) is 67.8 Å². The quantitative estimate of drug-likeness (QED) is 0.369. The van der Waals surface area contributed by atoms with Crippen LogP contribution in [-0.4, -0.2) is 52.2 Å². The van der Waals surface area contributed by atoms with Gasteiger partial charge in [0.1, 0.15) is 11.4 Å². The number of halogens is 2. The Morgan fingerprint density at radius 2 is 1.86 bits per heavy atom. The minimum Gasteiger partial charge on any atom is -0.444 e. The molecule has 0 aliphatic carbocycles. The molecule has 1 unspecified atom stereocenters. The smallest absolute Gasteiger partial charge is 0.410 e. The van der Waals surface area contributed by atoms with Crippen LogP contribution >= 0.6 is 23.2 Å². The highest BCUT2D eigenvalue weighted by Gasteiger charge is 2.34. The summed E-state index contributed by atoms with van der Waals surface area (Å²) in [6.07, 6.45) is 0.0827. The second-order valence-electron chi connectivity index (χ2n) is 10.4. The molecule has 1 amide bonds. The molecule has 2 atom stereocenters. The first-order valence-electron chi connectivity index (χ1n) is 12.2. The Labute approximate surface area is 221 Å². The molecule has 5 rings (SSSR count). The Kier molecular flexibility index (Phi) is 6.74. The lowest BCUT2D eigenvalue weighted by Crippen LogP contribution is -2.55. The molecule has 0 N–H and O–H groups in total. The lowest BCUT2D eigenvalue weighted by molar-refractivity contribution is 0.0210. The fraction of sp³-hybridized carbons (Fsp3) is 0.444. The van der Waals surface area contributed by atoms with Crippen LogP contribution in [0.2, 0.25) is 10.3 Å². The van der Waals surface area contributed by atoms with E-state index in [0.717, 1.165) is 33.4 Å². The molecule has 9 heteroatoms. The van der Waals surface area contributed by atoms with Crippen LogP contribution in [0.4, 0.5) is 10.6 Å². The van der Waals surface area contributed by atoms with Crippen LogP contribution in [0.15, 0.2) is 36.4 Å². The standard InChI is InChI=1S/C27H30Cl2N4O3/c1-16-14-32(26(34)36-27(2,3)4)11-12-33(16)24-19-15-35-22(13-21(19)30-25(29)31-24)18-9-5-7-17-8-6-10-20(28)23(17)18/h5-10,16,22H,11-15H2,1-4H3/t16-,22?/m0/s1. The number of nitrogens with zero attached hydrogens (tertiary/aromatic N) is 4. The van der Waals surface area contributed by atoms with E-state index >= 15 is 0 Å². The van der Waals surface area contributed by atoms with E-state index in [-0.39, 0.29) is 23.5 Å². The molecule has 36 heavy (non-hydrogen) atoms. The maximum atomic E-state index is 12.6. The van der Waals surface area contributed by atoms with Gasteiger partial charge < -0.3 is 19.3 Å². The van der Waals surface area contributed by atoms with Gasteiger partial charge in [0.15, 0.2) is 0 Å². The van der Waals surface area contributed by atoms with Gasteiger partial charge in [-0.1, -0.05) is 41.9 Å². The Hall–Kier alpha value is -2.61. The molecule has 0 saturated carbocycles. The van der Waals surface area contributed by atoms with Crippen LogP contribution in [0, 0.1) is 0 Å². The second-order valence-corrected chi connectivity index (χ2v) is 11.1. The molecule has 190 valence electrons. The Bertz CT molecular complexity index is 1300. The summed E-state index contributed by atoms with van der Waals surface area (Å²) < 4.78 is 11.9. The highest BCUT2D eigenvalue weighted by atomic mass is 35.5. The van der Waals surface area contributed by atoms with E-state index in [2.05, 4.69) is 40.0 Å². The highest BCUT2D eigenvalue weighted by Crippen LogP contribution is 2.39. The number of ether oxygens (including phenoxy) is 2. The number of hydrogen-bond acceptors (Lipinski definition) is 6. The highest BCUT2D eigenvalue weighted by molar-refractivity contribution is 6.35. The van der Waals surface area contributed by atoms with E-state index in [9.17, 15) is 4.79 Å². The summed E-state index contributed by atoms with van der Waals surface area (Å²) in [5.41, 5.74) is 2.34.